The number of urea groups is 1. The van der Waals surface area contributed by atoms with Gasteiger partial charge in [-0.25, -0.2) is 9.78 Å². The van der Waals surface area contributed by atoms with E-state index in [1.54, 1.807) is 11.3 Å². The molecule has 0 aliphatic rings. The minimum Gasteiger partial charge on any atom is -0.481 e. The summed E-state index contributed by atoms with van der Waals surface area (Å²) in [5, 5.41) is 17.4. The molecule has 0 aliphatic heterocycles. The summed E-state index contributed by atoms with van der Waals surface area (Å²) in [5.74, 6) is -0.923. The lowest BCUT2D eigenvalue weighted by atomic mass is 9.85. The number of carbonyl (C=O) groups excluding carboxylic acids is 1. The van der Waals surface area contributed by atoms with Crippen LogP contribution in [0.25, 0.3) is 0 Å². The number of aromatic nitrogens is 1. The zero-order valence-electron chi connectivity index (χ0n) is 12.9. The summed E-state index contributed by atoms with van der Waals surface area (Å²) in [5.41, 5.74) is 0.637. The molecular weight excluding hydrogens is 290 g/mol. The van der Waals surface area contributed by atoms with E-state index in [0.717, 1.165) is 10.7 Å². The molecule has 1 atom stereocenters. The number of aliphatic carboxylic acids is 1. The minimum atomic E-state index is -0.923. The van der Waals surface area contributed by atoms with E-state index in [1.807, 2.05) is 33.1 Å². The van der Waals surface area contributed by atoms with E-state index < -0.39 is 12.0 Å². The van der Waals surface area contributed by atoms with Gasteiger partial charge in [-0.2, -0.15) is 0 Å². The molecular formula is C14H23N3O3S. The molecule has 0 aromatic carbocycles. The lowest BCUT2D eigenvalue weighted by molar-refractivity contribution is -0.138. The third-order valence-corrected chi connectivity index (χ3v) is 3.89. The van der Waals surface area contributed by atoms with Gasteiger partial charge in [-0.3, -0.25) is 4.79 Å². The van der Waals surface area contributed by atoms with Crippen LogP contribution in [-0.4, -0.2) is 34.7 Å². The zero-order valence-corrected chi connectivity index (χ0v) is 13.7. The molecule has 2 amide bonds. The van der Waals surface area contributed by atoms with Crippen LogP contribution in [0.1, 0.15) is 37.9 Å². The number of thiazole rings is 1. The lowest BCUT2D eigenvalue weighted by Gasteiger charge is -2.30. The van der Waals surface area contributed by atoms with Crippen molar-refractivity contribution in [2.24, 2.45) is 5.41 Å². The molecule has 118 valence electrons. The highest BCUT2D eigenvalue weighted by Gasteiger charge is 2.28. The first kappa shape index (κ1) is 17.4. The molecule has 0 fully saturated rings. The Morgan fingerprint density at radius 2 is 2.10 bits per heavy atom. The van der Waals surface area contributed by atoms with Crippen molar-refractivity contribution in [2.45, 2.75) is 46.6 Å². The molecule has 0 radical (unpaired) electrons. The van der Waals surface area contributed by atoms with Crippen LogP contribution < -0.4 is 10.6 Å². The van der Waals surface area contributed by atoms with Crippen LogP contribution in [0.15, 0.2) is 5.38 Å². The van der Waals surface area contributed by atoms with Crippen LogP contribution in [0.4, 0.5) is 4.79 Å². The summed E-state index contributed by atoms with van der Waals surface area (Å²) in [6.07, 6.45) is 0.569. The van der Waals surface area contributed by atoms with Crippen molar-refractivity contribution in [1.82, 2.24) is 15.6 Å². The molecule has 3 N–H and O–H groups in total. The van der Waals surface area contributed by atoms with Gasteiger partial charge in [0.2, 0.25) is 0 Å². The van der Waals surface area contributed by atoms with Gasteiger partial charge >= 0.3 is 12.0 Å². The van der Waals surface area contributed by atoms with Gasteiger partial charge in [0.15, 0.2) is 0 Å². The maximum absolute atomic E-state index is 11.8. The number of nitrogens with zero attached hydrogens (tertiary/aromatic N) is 1. The summed E-state index contributed by atoms with van der Waals surface area (Å²) in [6, 6.07) is -0.764. The molecule has 7 heteroatoms. The van der Waals surface area contributed by atoms with E-state index in [2.05, 4.69) is 15.6 Å². The second-order valence-corrected chi connectivity index (χ2v) is 7.09. The summed E-state index contributed by atoms with van der Waals surface area (Å²) in [7, 11) is 0. The molecule has 6 nitrogen and oxygen atoms in total. The lowest BCUT2D eigenvalue weighted by Crippen LogP contribution is -2.49. The summed E-state index contributed by atoms with van der Waals surface area (Å²) >= 11 is 1.58. The zero-order chi connectivity index (χ0) is 16.0. The Kier molecular flexibility index (Phi) is 6.14. The van der Waals surface area contributed by atoms with Crippen molar-refractivity contribution in [1.29, 1.82) is 0 Å². The van der Waals surface area contributed by atoms with Gasteiger partial charge in [0.1, 0.15) is 0 Å². The predicted molar refractivity (Wildman–Crippen MR) is 82.6 cm³/mol. The maximum Gasteiger partial charge on any atom is 0.315 e. The van der Waals surface area contributed by atoms with Crippen molar-refractivity contribution < 1.29 is 14.7 Å². The molecule has 1 aromatic rings. The molecule has 1 unspecified atom stereocenters. The smallest absolute Gasteiger partial charge is 0.315 e. The summed E-state index contributed by atoms with van der Waals surface area (Å²) in [4.78, 5) is 27.0. The predicted octanol–water partition coefficient (Wildman–Crippen LogP) is 2.18. The van der Waals surface area contributed by atoms with Crippen LogP contribution in [0, 0.1) is 12.3 Å². The first-order valence-electron chi connectivity index (χ1n) is 6.85. The number of carbonyl (C=O) groups is 2. The normalized spacial score (nSPS) is 12.8. The number of hydrogen-bond donors (Lipinski definition) is 3. The number of nitrogens with one attached hydrogen (secondary N) is 2. The molecule has 1 aromatic heterocycles. The third-order valence-electron chi connectivity index (χ3n) is 3.06. The number of aryl methyl sites for hydroxylation is 1. The largest absolute Gasteiger partial charge is 0.481 e. The van der Waals surface area contributed by atoms with Gasteiger partial charge in [0.05, 0.1) is 17.1 Å². The average Bonchev–Trinajstić information content (AvgIpc) is 2.72. The van der Waals surface area contributed by atoms with Crippen molar-refractivity contribution in [3.63, 3.8) is 0 Å². The molecule has 0 saturated carbocycles. The van der Waals surface area contributed by atoms with Gasteiger partial charge in [0, 0.05) is 24.4 Å². The highest BCUT2D eigenvalue weighted by atomic mass is 32.1. The van der Waals surface area contributed by atoms with E-state index in [0.29, 0.717) is 13.0 Å². The molecule has 1 rings (SSSR count). The van der Waals surface area contributed by atoms with Crippen molar-refractivity contribution in [3.05, 3.63) is 16.1 Å². The van der Waals surface area contributed by atoms with Crippen molar-refractivity contribution >= 4 is 23.3 Å². The van der Waals surface area contributed by atoms with Crippen molar-refractivity contribution in [2.75, 3.05) is 6.54 Å². The van der Waals surface area contributed by atoms with Gasteiger partial charge in [0.25, 0.3) is 0 Å². The molecule has 0 bridgehead atoms. The van der Waals surface area contributed by atoms with E-state index in [4.69, 9.17) is 5.11 Å². The summed E-state index contributed by atoms with van der Waals surface area (Å²) in [6.45, 7) is 8.11. The minimum absolute atomic E-state index is 0.0950. The monoisotopic (exact) mass is 313 g/mol. The first-order chi connectivity index (χ1) is 9.68. The fourth-order valence-electron chi connectivity index (χ4n) is 1.78. The van der Waals surface area contributed by atoms with E-state index in [9.17, 15) is 9.59 Å². The average molecular weight is 313 g/mol. The van der Waals surface area contributed by atoms with Crippen molar-refractivity contribution in [3.8, 4) is 0 Å². The van der Waals surface area contributed by atoms with E-state index in [-0.39, 0.29) is 17.9 Å². The number of carboxylic acids is 1. The topological polar surface area (TPSA) is 91.3 Å². The Labute approximate surface area is 129 Å². The van der Waals surface area contributed by atoms with Gasteiger partial charge in [-0.1, -0.05) is 20.8 Å². The Bertz CT molecular complexity index is 494. The highest BCUT2D eigenvalue weighted by Crippen LogP contribution is 2.21. The second-order valence-electron chi connectivity index (χ2n) is 6.02. The fourth-order valence-corrected chi connectivity index (χ4v) is 2.43. The third kappa shape index (κ3) is 6.57. The summed E-state index contributed by atoms with van der Waals surface area (Å²) < 4.78 is 0. The second kappa shape index (κ2) is 7.40. The van der Waals surface area contributed by atoms with E-state index >= 15 is 0 Å². The molecule has 0 aliphatic carbocycles. The maximum atomic E-state index is 11.8. The van der Waals surface area contributed by atoms with Crippen LogP contribution in [0.3, 0.4) is 0 Å². The number of carboxylic acid groups (broad SMARTS) is 1. The van der Waals surface area contributed by atoms with Crippen LogP contribution in [0.2, 0.25) is 0 Å². The van der Waals surface area contributed by atoms with Gasteiger partial charge in [-0.05, 0) is 12.3 Å². The quantitative estimate of drug-likeness (QED) is 0.750. The van der Waals surface area contributed by atoms with E-state index in [1.165, 1.54) is 0 Å². The Hall–Kier alpha value is -1.63. The van der Waals surface area contributed by atoms with Crippen LogP contribution in [-0.2, 0) is 11.2 Å². The molecule has 1 heterocycles. The van der Waals surface area contributed by atoms with Crippen LogP contribution >= 0.6 is 11.3 Å². The SMILES string of the molecule is Cc1nc(CCNC(=O)NC(CC(=O)O)C(C)(C)C)cs1. The number of rotatable bonds is 6. The Morgan fingerprint density at radius 1 is 1.43 bits per heavy atom. The number of amides is 2. The highest BCUT2D eigenvalue weighted by molar-refractivity contribution is 7.09. The first-order valence-corrected chi connectivity index (χ1v) is 7.73. The van der Waals surface area contributed by atoms with Gasteiger partial charge < -0.3 is 15.7 Å². The number of hydrogen-bond acceptors (Lipinski definition) is 4. The molecule has 21 heavy (non-hydrogen) atoms. The van der Waals surface area contributed by atoms with Gasteiger partial charge in [-0.15, -0.1) is 11.3 Å². The Morgan fingerprint density at radius 3 is 2.57 bits per heavy atom. The fraction of sp³-hybridized carbons (Fsp3) is 0.643. The molecule has 0 spiro atoms. The van der Waals surface area contributed by atoms with Crippen LogP contribution in [0.5, 0.6) is 0 Å². The molecule has 0 saturated heterocycles. The Balaban J connectivity index is 2.41. The standard InChI is InChI=1S/C14H23N3O3S/c1-9-16-10(8-21-9)5-6-15-13(20)17-11(7-12(18)19)14(2,3)4/h8,11H,5-7H2,1-4H3,(H,18,19)(H2,15,17,20).